The van der Waals surface area contributed by atoms with Crippen molar-refractivity contribution in [3.63, 3.8) is 0 Å². The van der Waals surface area contributed by atoms with Gasteiger partial charge in [0.1, 0.15) is 6.29 Å². The molecule has 16 heavy (non-hydrogen) atoms. The normalized spacial score (nSPS) is 10.5. The van der Waals surface area contributed by atoms with Crippen molar-refractivity contribution >= 4 is 18.2 Å². The summed E-state index contributed by atoms with van der Waals surface area (Å²) >= 11 is 0. The van der Waals surface area contributed by atoms with Crippen molar-refractivity contribution in [1.82, 2.24) is 0 Å². The molecule has 0 saturated heterocycles. The lowest BCUT2D eigenvalue weighted by Gasteiger charge is -1.94. The van der Waals surface area contributed by atoms with Crippen LogP contribution in [0.5, 0.6) is 0 Å². The van der Waals surface area contributed by atoms with E-state index in [2.05, 4.69) is 4.99 Å². The molecule has 0 fully saturated rings. The van der Waals surface area contributed by atoms with Gasteiger partial charge in [0.05, 0.1) is 5.69 Å². The van der Waals surface area contributed by atoms with Gasteiger partial charge in [-0.1, -0.05) is 42.5 Å². The van der Waals surface area contributed by atoms with Gasteiger partial charge < -0.3 is 0 Å². The molecule has 0 aliphatic heterocycles. The first-order valence-corrected chi connectivity index (χ1v) is 5.03. The number of carbonyl (C=O) groups is 1. The van der Waals surface area contributed by atoms with Crippen LogP contribution in [0.3, 0.4) is 0 Å². The molecule has 78 valence electrons. The third-order valence-corrected chi connectivity index (χ3v) is 2.19. The van der Waals surface area contributed by atoms with Crippen molar-refractivity contribution in [1.29, 1.82) is 0 Å². The van der Waals surface area contributed by atoms with E-state index in [0.29, 0.717) is 5.56 Å². The summed E-state index contributed by atoms with van der Waals surface area (Å²) in [5.41, 5.74) is 2.58. The van der Waals surface area contributed by atoms with Gasteiger partial charge in [-0.2, -0.15) is 0 Å². The van der Waals surface area contributed by atoms with Crippen molar-refractivity contribution in [3.05, 3.63) is 65.7 Å². The lowest BCUT2D eigenvalue weighted by atomic mass is 10.2. The lowest BCUT2D eigenvalue weighted by Crippen LogP contribution is -1.83. The Morgan fingerprint density at radius 1 is 0.812 bits per heavy atom. The Hall–Kier alpha value is -2.22. The molecule has 0 N–H and O–H groups in total. The smallest absolute Gasteiger partial charge is 0.150 e. The quantitative estimate of drug-likeness (QED) is 0.563. The molecule has 0 saturated carbocycles. The van der Waals surface area contributed by atoms with Gasteiger partial charge in [0.25, 0.3) is 0 Å². The Balaban J connectivity index is 2.14. The van der Waals surface area contributed by atoms with Crippen LogP contribution in [0.4, 0.5) is 5.69 Å². The number of hydrogen-bond donors (Lipinski definition) is 0. The van der Waals surface area contributed by atoms with E-state index in [9.17, 15) is 4.79 Å². The first kappa shape index (κ1) is 10.3. The maximum absolute atomic E-state index is 10.5. The molecule has 0 aromatic heterocycles. The number of nitrogens with zero attached hydrogens (tertiary/aromatic N) is 1. The summed E-state index contributed by atoms with van der Waals surface area (Å²) in [5.74, 6) is 0. The van der Waals surface area contributed by atoms with Crippen LogP contribution in [0.25, 0.3) is 0 Å². The number of para-hydroxylation sites is 1. The molecular weight excluding hydrogens is 198 g/mol. The Morgan fingerprint density at radius 3 is 2.06 bits per heavy atom. The monoisotopic (exact) mass is 209 g/mol. The van der Waals surface area contributed by atoms with Gasteiger partial charge in [-0.25, -0.2) is 0 Å². The van der Waals surface area contributed by atoms with Gasteiger partial charge in [-0.3, -0.25) is 9.79 Å². The van der Waals surface area contributed by atoms with Crippen LogP contribution >= 0.6 is 0 Å². The van der Waals surface area contributed by atoms with Crippen LogP contribution in [-0.4, -0.2) is 12.5 Å². The van der Waals surface area contributed by atoms with E-state index >= 15 is 0 Å². The zero-order valence-corrected chi connectivity index (χ0v) is 8.71. The highest BCUT2D eigenvalue weighted by Crippen LogP contribution is 2.09. The van der Waals surface area contributed by atoms with E-state index in [4.69, 9.17) is 0 Å². The number of aldehydes is 1. The van der Waals surface area contributed by atoms with E-state index < -0.39 is 0 Å². The Bertz CT molecular complexity index is 486. The molecule has 2 aromatic rings. The zero-order chi connectivity index (χ0) is 11.2. The lowest BCUT2D eigenvalue weighted by molar-refractivity contribution is 0.112. The summed E-state index contributed by atoms with van der Waals surface area (Å²) in [7, 11) is 0. The highest BCUT2D eigenvalue weighted by Gasteiger charge is 1.90. The van der Waals surface area contributed by atoms with Crippen LogP contribution in [-0.2, 0) is 0 Å². The average molecular weight is 209 g/mol. The highest BCUT2D eigenvalue weighted by molar-refractivity contribution is 5.83. The van der Waals surface area contributed by atoms with Crippen LogP contribution in [0, 0.1) is 0 Å². The highest BCUT2D eigenvalue weighted by atomic mass is 16.1. The minimum absolute atomic E-state index is 0.678. The third kappa shape index (κ3) is 2.64. The zero-order valence-electron chi connectivity index (χ0n) is 8.71. The minimum atomic E-state index is 0.678. The molecule has 0 aliphatic carbocycles. The first-order chi connectivity index (χ1) is 7.88. The van der Waals surface area contributed by atoms with Crippen LogP contribution in [0.1, 0.15) is 15.9 Å². The molecule has 2 rings (SSSR count). The predicted molar refractivity (Wildman–Crippen MR) is 65.5 cm³/mol. The maximum atomic E-state index is 10.5. The number of rotatable bonds is 3. The van der Waals surface area contributed by atoms with Crippen LogP contribution in [0.15, 0.2) is 59.6 Å². The van der Waals surface area contributed by atoms with E-state index in [1.54, 1.807) is 18.3 Å². The van der Waals surface area contributed by atoms with E-state index in [1.165, 1.54) is 0 Å². The van der Waals surface area contributed by atoms with E-state index in [-0.39, 0.29) is 0 Å². The fraction of sp³-hybridized carbons (Fsp3) is 0. The molecule has 0 atom stereocenters. The fourth-order valence-corrected chi connectivity index (χ4v) is 1.32. The molecule has 0 unspecified atom stereocenters. The van der Waals surface area contributed by atoms with E-state index in [1.807, 2.05) is 42.5 Å². The molecule has 0 heterocycles. The number of aliphatic imine (C=N–C) groups is 1. The molecule has 0 amide bonds. The van der Waals surface area contributed by atoms with Gasteiger partial charge in [0.2, 0.25) is 0 Å². The molecular formula is C14H11NO. The standard InChI is InChI=1S/C14H11NO/c16-11-13-8-6-12(7-9-13)10-15-14-4-2-1-3-5-14/h1-11H. The summed E-state index contributed by atoms with van der Waals surface area (Å²) in [5, 5.41) is 0. The second-order valence-corrected chi connectivity index (χ2v) is 3.38. The molecule has 0 aliphatic rings. The molecule has 0 radical (unpaired) electrons. The van der Waals surface area contributed by atoms with Crippen molar-refractivity contribution < 1.29 is 4.79 Å². The average Bonchev–Trinajstić information content (AvgIpc) is 2.38. The van der Waals surface area contributed by atoms with Gasteiger partial charge in [0.15, 0.2) is 0 Å². The van der Waals surface area contributed by atoms with Crippen molar-refractivity contribution in [2.24, 2.45) is 4.99 Å². The van der Waals surface area contributed by atoms with Crippen molar-refractivity contribution in [2.45, 2.75) is 0 Å². The van der Waals surface area contributed by atoms with Crippen LogP contribution < -0.4 is 0 Å². The summed E-state index contributed by atoms with van der Waals surface area (Å²) in [4.78, 5) is 14.8. The molecule has 2 nitrogen and oxygen atoms in total. The fourth-order valence-electron chi connectivity index (χ4n) is 1.32. The Kier molecular flexibility index (Phi) is 3.24. The predicted octanol–water partition coefficient (Wildman–Crippen LogP) is 3.25. The Labute approximate surface area is 94.3 Å². The maximum Gasteiger partial charge on any atom is 0.150 e. The largest absolute Gasteiger partial charge is 0.298 e. The van der Waals surface area contributed by atoms with Crippen LogP contribution in [0.2, 0.25) is 0 Å². The van der Waals surface area contributed by atoms with Gasteiger partial charge in [-0.15, -0.1) is 0 Å². The second-order valence-electron chi connectivity index (χ2n) is 3.38. The van der Waals surface area contributed by atoms with Gasteiger partial charge in [-0.05, 0) is 17.7 Å². The summed E-state index contributed by atoms with van der Waals surface area (Å²) in [6, 6.07) is 17.0. The topological polar surface area (TPSA) is 29.4 Å². The minimum Gasteiger partial charge on any atom is -0.298 e. The summed E-state index contributed by atoms with van der Waals surface area (Å²) < 4.78 is 0. The van der Waals surface area contributed by atoms with Gasteiger partial charge in [0, 0.05) is 11.8 Å². The molecule has 2 heteroatoms. The summed E-state index contributed by atoms with van der Waals surface area (Å²) in [6.45, 7) is 0. The number of hydrogen-bond acceptors (Lipinski definition) is 2. The van der Waals surface area contributed by atoms with Crippen molar-refractivity contribution in [2.75, 3.05) is 0 Å². The van der Waals surface area contributed by atoms with Crippen molar-refractivity contribution in [3.8, 4) is 0 Å². The van der Waals surface area contributed by atoms with E-state index in [0.717, 1.165) is 17.5 Å². The number of carbonyl (C=O) groups excluding carboxylic acids is 1. The first-order valence-electron chi connectivity index (χ1n) is 5.03. The van der Waals surface area contributed by atoms with Gasteiger partial charge >= 0.3 is 0 Å². The second kappa shape index (κ2) is 5.03. The summed E-state index contributed by atoms with van der Waals surface area (Å²) in [6.07, 6.45) is 2.61. The molecule has 0 bridgehead atoms. The molecule has 2 aromatic carbocycles. The number of benzene rings is 2. The SMILES string of the molecule is O=Cc1ccc(C=Nc2ccccc2)cc1. The Morgan fingerprint density at radius 2 is 1.44 bits per heavy atom. The third-order valence-electron chi connectivity index (χ3n) is 2.19. The molecule has 0 spiro atoms.